The molecule has 0 N–H and O–H groups in total. The van der Waals surface area contributed by atoms with Crippen molar-refractivity contribution in [1.82, 2.24) is 4.98 Å². The van der Waals surface area contributed by atoms with Gasteiger partial charge in [0.05, 0.1) is 22.6 Å². The molecule has 200 valence electrons. The van der Waals surface area contributed by atoms with E-state index in [0.29, 0.717) is 0 Å². The third-order valence-corrected chi connectivity index (χ3v) is 8.19. The summed E-state index contributed by atoms with van der Waals surface area (Å²) in [6.45, 7) is 4.00. The molecule has 0 amide bonds. The number of nitrogens with zero attached hydrogens (tertiary/aromatic N) is 2. The van der Waals surface area contributed by atoms with E-state index in [1.165, 1.54) is 16.2 Å². The SMILES string of the molecule is CC.c1ccc2c(c1)-c1nc3ccccc3c3cccc(c13)N2c1ccc(-c2cccc3c2oc2ccccc23)cc1. The van der Waals surface area contributed by atoms with Crippen molar-refractivity contribution in [2.24, 2.45) is 0 Å². The van der Waals surface area contributed by atoms with E-state index < -0.39 is 0 Å². The second-order valence-corrected chi connectivity index (χ2v) is 10.4. The second kappa shape index (κ2) is 9.60. The number of rotatable bonds is 2. The minimum Gasteiger partial charge on any atom is -0.455 e. The monoisotopic (exact) mass is 540 g/mol. The van der Waals surface area contributed by atoms with Crippen LogP contribution in [0.25, 0.3) is 66.0 Å². The van der Waals surface area contributed by atoms with E-state index in [9.17, 15) is 0 Å². The van der Waals surface area contributed by atoms with Crippen LogP contribution in [-0.2, 0) is 0 Å². The third-order valence-electron chi connectivity index (χ3n) is 8.19. The van der Waals surface area contributed by atoms with Crippen molar-refractivity contribution in [2.75, 3.05) is 4.90 Å². The van der Waals surface area contributed by atoms with Crippen LogP contribution in [0.2, 0.25) is 0 Å². The summed E-state index contributed by atoms with van der Waals surface area (Å²) in [6, 6.07) is 47.1. The standard InChI is InChI=1S/C37H22N2O.C2H6/c1-4-15-31-26(9-1)28-13-8-17-33-35(28)36(38-31)30-11-2-5-16-32(30)39(33)24-21-19-23(20-22-24)25-12-7-14-29-27-10-3-6-18-34(27)40-37(25)29;1-2/h1-22H;1-2H3. The number of pyridine rings is 1. The molecule has 0 bridgehead atoms. The van der Waals surface area contributed by atoms with Gasteiger partial charge in [0.25, 0.3) is 0 Å². The van der Waals surface area contributed by atoms with Gasteiger partial charge in [-0.3, -0.25) is 0 Å². The number of aromatic nitrogens is 1. The molecule has 0 atom stereocenters. The van der Waals surface area contributed by atoms with Gasteiger partial charge in [0, 0.05) is 38.4 Å². The average molecular weight is 541 g/mol. The molecule has 2 aromatic heterocycles. The van der Waals surface area contributed by atoms with E-state index in [1.54, 1.807) is 0 Å². The Hall–Kier alpha value is -5.41. The van der Waals surface area contributed by atoms with Crippen LogP contribution in [0, 0.1) is 0 Å². The summed E-state index contributed by atoms with van der Waals surface area (Å²) in [5.74, 6) is 0. The molecule has 0 spiro atoms. The van der Waals surface area contributed by atoms with Crippen molar-refractivity contribution in [3.8, 4) is 22.4 Å². The molecule has 3 heterocycles. The fourth-order valence-corrected chi connectivity index (χ4v) is 6.41. The fourth-order valence-electron chi connectivity index (χ4n) is 6.41. The molecular weight excluding hydrogens is 512 g/mol. The molecule has 0 unspecified atom stereocenters. The van der Waals surface area contributed by atoms with Crippen LogP contribution in [0.4, 0.5) is 17.1 Å². The number of anilines is 3. The van der Waals surface area contributed by atoms with Crippen LogP contribution < -0.4 is 4.90 Å². The summed E-state index contributed by atoms with van der Waals surface area (Å²) in [7, 11) is 0. The zero-order valence-electron chi connectivity index (χ0n) is 23.5. The van der Waals surface area contributed by atoms with Crippen molar-refractivity contribution in [3.63, 3.8) is 0 Å². The summed E-state index contributed by atoms with van der Waals surface area (Å²) < 4.78 is 6.33. The Morgan fingerprint density at radius 2 is 1.17 bits per heavy atom. The number of para-hydroxylation sites is 4. The van der Waals surface area contributed by atoms with Crippen LogP contribution >= 0.6 is 0 Å². The topological polar surface area (TPSA) is 29.3 Å². The molecule has 0 saturated heterocycles. The molecule has 0 aliphatic carbocycles. The minimum atomic E-state index is 0.916. The molecular formula is C39H28N2O. The zero-order valence-corrected chi connectivity index (χ0v) is 23.5. The number of fused-ring (bicyclic) bond motifs is 7. The highest BCUT2D eigenvalue weighted by molar-refractivity contribution is 6.20. The van der Waals surface area contributed by atoms with Crippen molar-refractivity contribution >= 4 is 60.7 Å². The van der Waals surface area contributed by atoms with Crippen LogP contribution in [0.3, 0.4) is 0 Å². The number of furan rings is 1. The fraction of sp³-hybridized carbons (Fsp3) is 0.0513. The highest BCUT2D eigenvalue weighted by Crippen LogP contribution is 2.51. The highest BCUT2D eigenvalue weighted by atomic mass is 16.3. The molecule has 42 heavy (non-hydrogen) atoms. The second-order valence-electron chi connectivity index (χ2n) is 10.4. The Balaban J connectivity index is 0.00000131. The van der Waals surface area contributed by atoms with Gasteiger partial charge in [0.1, 0.15) is 11.2 Å². The van der Waals surface area contributed by atoms with Crippen LogP contribution in [0.5, 0.6) is 0 Å². The maximum Gasteiger partial charge on any atom is 0.143 e. The molecule has 1 aliphatic heterocycles. The lowest BCUT2D eigenvalue weighted by Gasteiger charge is -2.33. The summed E-state index contributed by atoms with van der Waals surface area (Å²) in [5, 5.41) is 5.89. The normalized spacial score (nSPS) is 12.0. The Labute approximate surface area is 244 Å². The van der Waals surface area contributed by atoms with Crippen LogP contribution in [-0.4, -0.2) is 4.98 Å². The molecule has 6 aromatic carbocycles. The van der Waals surface area contributed by atoms with E-state index in [4.69, 9.17) is 9.40 Å². The summed E-state index contributed by atoms with van der Waals surface area (Å²) >= 11 is 0. The van der Waals surface area contributed by atoms with Gasteiger partial charge in [-0.05, 0) is 47.3 Å². The van der Waals surface area contributed by atoms with Crippen molar-refractivity contribution in [1.29, 1.82) is 0 Å². The highest BCUT2D eigenvalue weighted by Gasteiger charge is 2.27. The quantitative estimate of drug-likeness (QED) is 0.204. The maximum absolute atomic E-state index is 6.33. The molecule has 3 heteroatoms. The van der Waals surface area contributed by atoms with Gasteiger partial charge < -0.3 is 9.32 Å². The lowest BCUT2D eigenvalue weighted by Crippen LogP contribution is -2.15. The molecule has 9 rings (SSSR count). The van der Waals surface area contributed by atoms with E-state index in [2.05, 4.69) is 126 Å². The van der Waals surface area contributed by atoms with Crippen LogP contribution in [0.1, 0.15) is 13.8 Å². The van der Waals surface area contributed by atoms with Crippen LogP contribution in [0.15, 0.2) is 138 Å². The predicted octanol–water partition coefficient (Wildman–Crippen LogP) is 11.4. The van der Waals surface area contributed by atoms with Gasteiger partial charge >= 0.3 is 0 Å². The van der Waals surface area contributed by atoms with Gasteiger partial charge in [0.15, 0.2) is 0 Å². The summed E-state index contributed by atoms with van der Waals surface area (Å²) in [4.78, 5) is 7.53. The smallest absolute Gasteiger partial charge is 0.143 e. The zero-order chi connectivity index (χ0) is 28.2. The first-order chi connectivity index (χ1) is 20.8. The first-order valence-corrected chi connectivity index (χ1v) is 14.6. The third kappa shape index (κ3) is 3.50. The van der Waals surface area contributed by atoms with E-state index >= 15 is 0 Å². The van der Waals surface area contributed by atoms with E-state index in [-0.39, 0.29) is 0 Å². The largest absolute Gasteiger partial charge is 0.455 e. The van der Waals surface area contributed by atoms with Crippen molar-refractivity contribution in [3.05, 3.63) is 133 Å². The maximum atomic E-state index is 6.33. The predicted molar refractivity (Wildman–Crippen MR) is 177 cm³/mol. The average Bonchev–Trinajstić information content (AvgIpc) is 3.45. The Bertz CT molecular complexity index is 2280. The first-order valence-electron chi connectivity index (χ1n) is 14.6. The van der Waals surface area contributed by atoms with Gasteiger partial charge in [-0.2, -0.15) is 0 Å². The van der Waals surface area contributed by atoms with Crippen molar-refractivity contribution in [2.45, 2.75) is 13.8 Å². The molecule has 0 saturated carbocycles. The lowest BCUT2D eigenvalue weighted by atomic mass is 9.92. The molecule has 8 aromatic rings. The number of hydrogen-bond acceptors (Lipinski definition) is 3. The lowest BCUT2D eigenvalue weighted by molar-refractivity contribution is 0.670. The molecule has 0 radical (unpaired) electrons. The van der Waals surface area contributed by atoms with Gasteiger partial charge in [0.2, 0.25) is 0 Å². The summed E-state index contributed by atoms with van der Waals surface area (Å²) in [6.07, 6.45) is 0. The number of hydrogen-bond donors (Lipinski definition) is 0. The number of benzene rings is 6. The van der Waals surface area contributed by atoms with Gasteiger partial charge in [-0.25, -0.2) is 4.98 Å². The first kappa shape index (κ1) is 24.4. The minimum absolute atomic E-state index is 0.916. The molecule has 0 fully saturated rings. The van der Waals surface area contributed by atoms with E-state index in [1.807, 2.05) is 26.0 Å². The Morgan fingerprint density at radius 3 is 2.05 bits per heavy atom. The Morgan fingerprint density at radius 1 is 0.524 bits per heavy atom. The summed E-state index contributed by atoms with van der Waals surface area (Å²) in [5.41, 5.74) is 10.7. The molecule has 1 aliphatic rings. The van der Waals surface area contributed by atoms with Crippen molar-refractivity contribution < 1.29 is 4.42 Å². The Kier molecular flexibility index (Phi) is 5.58. The van der Waals surface area contributed by atoms with Gasteiger partial charge in [-0.15, -0.1) is 0 Å². The van der Waals surface area contributed by atoms with E-state index in [0.717, 1.165) is 66.9 Å². The molecule has 3 nitrogen and oxygen atoms in total. The van der Waals surface area contributed by atoms with Gasteiger partial charge in [-0.1, -0.05) is 111 Å².